The van der Waals surface area contributed by atoms with E-state index in [1.807, 2.05) is 7.05 Å². The summed E-state index contributed by atoms with van der Waals surface area (Å²) in [6, 6.07) is 0. The number of piperidine rings is 1. The first-order chi connectivity index (χ1) is 8.08. The molecule has 2 nitrogen and oxygen atoms in total. The van der Waals surface area contributed by atoms with Crippen molar-refractivity contribution in [3.05, 3.63) is 0 Å². The Balaban J connectivity index is 2.04. The number of nitrogens with one attached hydrogen (secondary N) is 1. The molecule has 0 aromatic carbocycles. The maximum Gasteiger partial charge on any atom is 0.248 e. The fourth-order valence-corrected chi connectivity index (χ4v) is 3.38. The minimum absolute atomic E-state index is 0.00313. The number of hydrogen-bond acceptors (Lipinski definition) is 2. The molecule has 0 bridgehead atoms. The molecule has 2 aliphatic rings. The van der Waals surface area contributed by atoms with Crippen LogP contribution in [0.1, 0.15) is 44.9 Å². The summed E-state index contributed by atoms with van der Waals surface area (Å²) in [6.45, 7) is 3.03. The monoisotopic (exact) mass is 246 g/mol. The number of alkyl halides is 2. The lowest BCUT2D eigenvalue weighted by Gasteiger charge is -2.49. The fourth-order valence-electron chi connectivity index (χ4n) is 3.38. The smallest absolute Gasteiger partial charge is 0.248 e. The number of hydrogen-bond donors (Lipinski definition) is 1. The Bertz CT molecular complexity index is 240. The van der Waals surface area contributed by atoms with E-state index in [0.717, 1.165) is 19.6 Å². The molecule has 17 heavy (non-hydrogen) atoms. The zero-order valence-corrected chi connectivity index (χ0v) is 10.8. The quantitative estimate of drug-likeness (QED) is 0.823. The van der Waals surface area contributed by atoms with Crippen molar-refractivity contribution in [1.29, 1.82) is 0 Å². The van der Waals surface area contributed by atoms with E-state index in [0.29, 0.717) is 12.8 Å². The Morgan fingerprint density at radius 1 is 1.00 bits per heavy atom. The van der Waals surface area contributed by atoms with Crippen LogP contribution in [0, 0.1) is 0 Å². The predicted molar refractivity (Wildman–Crippen MR) is 65.5 cm³/mol. The second kappa shape index (κ2) is 5.19. The fraction of sp³-hybridized carbons (Fsp3) is 1.00. The van der Waals surface area contributed by atoms with Crippen LogP contribution in [0.4, 0.5) is 8.78 Å². The summed E-state index contributed by atoms with van der Waals surface area (Å²) in [7, 11) is 1.93. The van der Waals surface area contributed by atoms with E-state index >= 15 is 0 Å². The lowest BCUT2D eigenvalue weighted by Crippen LogP contribution is -2.58. The van der Waals surface area contributed by atoms with Gasteiger partial charge in [-0.05, 0) is 45.8 Å². The van der Waals surface area contributed by atoms with Gasteiger partial charge in [0.15, 0.2) is 0 Å². The third-order valence-electron chi connectivity index (χ3n) is 4.44. The van der Waals surface area contributed by atoms with Crippen molar-refractivity contribution >= 4 is 0 Å². The Kier molecular flexibility index (Phi) is 4.03. The average molecular weight is 246 g/mol. The first kappa shape index (κ1) is 13.2. The van der Waals surface area contributed by atoms with Gasteiger partial charge < -0.3 is 5.32 Å². The minimum atomic E-state index is -2.42. The van der Waals surface area contributed by atoms with E-state index in [1.54, 1.807) is 0 Å². The van der Waals surface area contributed by atoms with Gasteiger partial charge in [-0.1, -0.05) is 6.42 Å². The molecule has 2 fully saturated rings. The Hall–Kier alpha value is -0.220. The highest BCUT2D eigenvalue weighted by molar-refractivity contribution is 4.99. The molecule has 1 N–H and O–H groups in total. The summed E-state index contributed by atoms with van der Waals surface area (Å²) in [5, 5.41) is 3.22. The average Bonchev–Trinajstić information content (AvgIpc) is 2.34. The second-order valence-corrected chi connectivity index (χ2v) is 5.66. The van der Waals surface area contributed by atoms with Crippen molar-refractivity contribution in [2.75, 3.05) is 26.7 Å². The number of nitrogens with zero attached hydrogens (tertiary/aromatic N) is 1. The van der Waals surface area contributed by atoms with Gasteiger partial charge in [-0.15, -0.1) is 0 Å². The van der Waals surface area contributed by atoms with Crippen LogP contribution in [0.2, 0.25) is 0 Å². The molecular weight excluding hydrogens is 222 g/mol. The summed E-state index contributed by atoms with van der Waals surface area (Å²) in [5.41, 5.74) is -0.00313. The van der Waals surface area contributed by atoms with Crippen molar-refractivity contribution < 1.29 is 8.78 Å². The molecule has 1 saturated heterocycles. The zero-order chi connectivity index (χ0) is 12.4. The highest BCUT2D eigenvalue weighted by Gasteiger charge is 2.46. The maximum atomic E-state index is 13.3. The third kappa shape index (κ3) is 2.97. The molecule has 0 unspecified atom stereocenters. The molecule has 1 saturated carbocycles. The van der Waals surface area contributed by atoms with Gasteiger partial charge in [-0.3, -0.25) is 4.90 Å². The minimum Gasteiger partial charge on any atom is -0.318 e. The number of rotatable bonds is 3. The van der Waals surface area contributed by atoms with Gasteiger partial charge in [0.2, 0.25) is 5.92 Å². The first-order valence-corrected chi connectivity index (χ1v) is 6.86. The third-order valence-corrected chi connectivity index (χ3v) is 4.44. The number of likely N-dealkylation sites (N-methyl/N-ethyl adjacent to an activating group) is 1. The van der Waals surface area contributed by atoms with E-state index in [1.165, 1.54) is 19.3 Å². The van der Waals surface area contributed by atoms with Crippen molar-refractivity contribution in [3.8, 4) is 0 Å². The van der Waals surface area contributed by atoms with Crippen molar-refractivity contribution in [2.24, 2.45) is 0 Å². The van der Waals surface area contributed by atoms with Gasteiger partial charge in [0.1, 0.15) is 0 Å². The molecule has 0 aromatic heterocycles. The van der Waals surface area contributed by atoms with Gasteiger partial charge in [-0.2, -0.15) is 0 Å². The standard InChI is InChI=1S/C13H24F2N2/c1-16-11-12(17-9-3-2-4-10-17)5-7-13(14,15)8-6-12/h16H,2-11H2,1H3. The summed E-state index contributed by atoms with van der Waals surface area (Å²) in [6.07, 6.45) is 5.14. The lowest BCUT2D eigenvalue weighted by atomic mass is 9.77. The molecule has 1 heterocycles. The highest BCUT2D eigenvalue weighted by Crippen LogP contribution is 2.42. The van der Waals surface area contributed by atoms with Crippen LogP contribution in [0.25, 0.3) is 0 Å². The van der Waals surface area contributed by atoms with Crippen molar-refractivity contribution in [1.82, 2.24) is 10.2 Å². The Morgan fingerprint density at radius 3 is 2.12 bits per heavy atom. The molecule has 0 amide bonds. The SMILES string of the molecule is CNCC1(N2CCCCC2)CCC(F)(F)CC1. The van der Waals surface area contributed by atoms with E-state index in [-0.39, 0.29) is 18.4 Å². The summed E-state index contributed by atoms with van der Waals surface area (Å²) in [5.74, 6) is -2.42. The van der Waals surface area contributed by atoms with Crippen LogP contribution in [0.5, 0.6) is 0 Å². The van der Waals surface area contributed by atoms with Crippen LogP contribution in [-0.2, 0) is 0 Å². The van der Waals surface area contributed by atoms with Gasteiger partial charge in [-0.25, -0.2) is 8.78 Å². The summed E-state index contributed by atoms with van der Waals surface area (Å²) >= 11 is 0. The van der Waals surface area contributed by atoms with Gasteiger partial charge in [0, 0.05) is 24.9 Å². The highest BCUT2D eigenvalue weighted by atomic mass is 19.3. The zero-order valence-electron chi connectivity index (χ0n) is 10.8. The largest absolute Gasteiger partial charge is 0.318 e. The van der Waals surface area contributed by atoms with Gasteiger partial charge in [0.05, 0.1) is 0 Å². The first-order valence-electron chi connectivity index (χ1n) is 6.86. The number of likely N-dealkylation sites (tertiary alicyclic amines) is 1. The molecule has 2 rings (SSSR count). The van der Waals surface area contributed by atoms with Crippen LogP contribution in [0.3, 0.4) is 0 Å². The van der Waals surface area contributed by atoms with E-state index in [2.05, 4.69) is 10.2 Å². The van der Waals surface area contributed by atoms with Crippen LogP contribution in [0.15, 0.2) is 0 Å². The van der Waals surface area contributed by atoms with Crippen molar-refractivity contribution in [3.63, 3.8) is 0 Å². The molecular formula is C13H24F2N2. The van der Waals surface area contributed by atoms with E-state index in [4.69, 9.17) is 0 Å². The van der Waals surface area contributed by atoms with Crippen molar-refractivity contribution in [2.45, 2.75) is 56.4 Å². The second-order valence-electron chi connectivity index (χ2n) is 5.66. The molecule has 0 atom stereocenters. The van der Waals surface area contributed by atoms with Crippen LogP contribution in [-0.4, -0.2) is 43.0 Å². The molecule has 0 spiro atoms. The Labute approximate surface area is 103 Å². The number of halogens is 2. The predicted octanol–water partition coefficient (Wildman–Crippen LogP) is 2.64. The molecule has 1 aliphatic heterocycles. The lowest BCUT2D eigenvalue weighted by molar-refractivity contribution is -0.0846. The van der Waals surface area contributed by atoms with Gasteiger partial charge in [0.25, 0.3) is 0 Å². The molecule has 4 heteroatoms. The van der Waals surface area contributed by atoms with Crippen LogP contribution < -0.4 is 5.32 Å². The molecule has 1 aliphatic carbocycles. The summed E-state index contributed by atoms with van der Waals surface area (Å²) < 4.78 is 26.6. The van der Waals surface area contributed by atoms with E-state index < -0.39 is 5.92 Å². The molecule has 100 valence electrons. The van der Waals surface area contributed by atoms with Gasteiger partial charge >= 0.3 is 0 Å². The van der Waals surface area contributed by atoms with E-state index in [9.17, 15) is 8.78 Å². The molecule has 0 aromatic rings. The maximum absolute atomic E-state index is 13.3. The Morgan fingerprint density at radius 2 is 1.59 bits per heavy atom. The van der Waals surface area contributed by atoms with Crippen LogP contribution >= 0.6 is 0 Å². The summed E-state index contributed by atoms with van der Waals surface area (Å²) in [4.78, 5) is 2.47. The topological polar surface area (TPSA) is 15.3 Å². The normalized spacial score (nSPS) is 29.1. The molecule has 0 radical (unpaired) electrons.